The molecule has 0 unspecified atom stereocenters. The summed E-state index contributed by atoms with van der Waals surface area (Å²) in [4.78, 5) is 19.1. The van der Waals surface area contributed by atoms with Crippen LogP contribution in [0.5, 0.6) is 5.75 Å². The lowest BCUT2D eigenvalue weighted by atomic mass is 10.2. The van der Waals surface area contributed by atoms with Gasteiger partial charge in [0.2, 0.25) is 0 Å². The van der Waals surface area contributed by atoms with Crippen LogP contribution < -0.4 is 10.1 Å². The number of hydrogen-bond acceptors (Lipinski definition) is 4. The van der Waals surface area contributed by atoms with Crippen LogP contribution >= 0.6 is 11.3 Å². The molecule has 1 aliphatic rings. The number of urea groups is 1. The molecule has 28 heavy (non-hydrogen) atoms. The molecule has 0 radical (unpaired) electrons. The van der Waals surface area contributed by atoms with E-state index in [-0.39, 0.29) is 23.5 Å². The molecule has 0 aliphatic carbocycles. The molecule has 1 aromatic heterocycles. The Morgan fingerprint density at radius 2 is 2.04 bits per heavy atom. The van der Waals surface area contributed by atoms with Crippen LogP contribution in [-0.2, 0) is 0 Å². The molecule has 2 aromatic carbocycles. The van der Waals surface area contributed by atoms with Crippen LogP contribution in [0.3, 0.4) is 0 Å². The van der Waals surface area contributed by atoms with Gasteiger partial charge in [0.15, 0.2) is 0 Å². The van der Waals surface area contributed by atoms with Crippen LogP contribution in [0.15, 0.2) is 48.5 Å². The molecular weight excluding hydrogens is 391 g/mol. The smallest absolute Gasteiger partial charge is 0.406 e. The standard InChI is InChI=1S/C19H16F3N3O2S/c20-19(21,22)27-13-6-3-5-12(11-13)23-18(26)25-10-4-8-15(25)17-24-14-7-1-2-9-16(14)28-17/h1-3,5-7,9,11,15H,4,8,10H2,(H,23,26)/t15-/m1/s1. The minimum atomic E-state index is -4.78. The molecule has 0 saturated carbocycles. The number of para-hydroxylation sites is 1. The number of amides is 2. The SMILES string of the molecule is O=C(Nc1cccc(OC(F)(F)F)c1)N1CCC[C@@H]1c1nc2ccccc2s1. The van der Waals surface area contributed by atoms with Crippen molar-refractivity contribution in [1.82, 2.24) is 9.88 Å². The summed E-state index contributed by atoms with van der Waals surface area (Å²) < 4.78 is 42.1. The first-order valence-corrected chi connectivity index (χ1v) is 9.49. The quantitative estimate of drug-likeness (QED) is 0.618. The Morgan fingerprint density at radius 1 is 1.21 bits per heavy atom. The highest BCUT2D eigenvalue weighted by Gasteiger charge is 2.33. The second-order valence-corrected chi connectivity index (χ2v) is 7.44. The third-order valence-electron chi connectivity index (χ3n) is 4.43. The summed E-state index contributed by atoms with van der Waals surface area (Å²) in [5.41, 5.74) is 1.13. The van der Waals surface area contributed by atoms with Crippen LogP contribution in [0.2, 0.25) is 0 Å². The van der Waals surface area contributed by atoms with Crippen LogP contribution in [0, 0.1) is 0 Å². The number of nitrogens with one attached hydrogen (secondary N) is 1. The number of ether oxygens (including phenoxy) is 1. The van der Waals surface area contributed by atoms with Crippen molar-refractivity contribution in [2.24, 2.45) is 0 Å². The summed E-state index contributed by atoms with van der Waals surface area (Å²) in [6.07, 6.45) is -3.15. The molecule has 9 heteroatoms. The monoisotopic (exact) mass is 407 g/mol. The van der Waals surface area contributed by atoms with Gasteiger partial charge >= 0.3 is 12.4 Å². The van der Waals surface area contributed by atoms with Crippen LogP contribution in [0.25, 0.3) is 10.2 Å². The van der Waals surface area contributed by atoms with Crippen LogP contribution in [0.4, 0.5) is 23.7 Å². The molecule has 146 valence electrons. The lowest BCUT2D eigenvalue weighted by Gasteiger charge is -2.23. The molecule has 1 atom stereocenters. The number of aromatic nitrogens is 1. The number of carbonyl (C=O) groups excluding carboxylic acids is 1. The van der Waals surface area contributed by atoms with Gasteiger partial charge in [0.1, 0.15) is 10.8 Å². The van der Waals surface area contributed by atoms with Gasteiger partial charge in [0.05, 0.1) is 16.3 Å². The highest BCUT2D eigenvalue weighted by atomic mass is 32.1. The van der Waals surface area contributed by atoms with Gasteiger partial charge in [-0.2, -0.15) is 0 Å². The Hall–Kier alpha value is -2.81. The van der Waals surface area contributed by atoms with E-state index in [0.717, 1.165) is 34.1 Å². The van der Waals surface area contributed by atoms with E-state index in [1.165, 1.54) is 18.2 Å². The number of rotatable bonds is 3. The van der Waals surface area contributed by atoms with Crippen molar-refractivity contribution < 1.29 is 22.7 Å². The average molecular weight is 407 g/mol. The zero-order valence-corrected chi connectivity index (χ0v) is 15.4. The summed E-state index contributed by atoms with van der Waals surface area (Å²) in [7, 11) is 0. The fourth-order valence-electron chi connectivity index (χ4n) is 3.27. The van der Waals surface area contributed by atoms with Gasteiger partial charge in [-0.05, 0) is 37.1 Å². The van der Waals surface area contributed by atoms with E-state index in [9.17, 15) is 18.0 Å². The molecular formula is C19H16F3N3O2S. The van der Waals surface area contributed by atoms with E-state index in [1.807, 2.05) is 24.3 Å². The summed E-state index contributed by atoms with van der Waals surface area (Å²) >= 11 is 1.55. The van der Waals surface area contributed by atoms with Gasteiger partial charge in [-0.25, -0.2) is 9.78 Å². The van der Waals surface area contributed by atoms with Crippen molar-refractivity contribution in [3.05, 3.63) is 53.5 Å². The number of halogens is 3. The van der Waals surface area contributed by atoms with Crippen molar-refractivity contribution in [2.45, 2.75) is 25.2 Å². The third kappa shape index (κ3) is 4.04. The van der Waals surface area contributed by atoms with Crippen LogP contribution in [-0.4, -0.2) is 28.8 Å². The maximum absolute atomic E-state index is 12.7. The summed E-state index contributed by atoms with van der Waals surface area (Å²) in [6, 6.07) is 12.5. The minimum Gasteiger partial charge on any atom is -0.406 e. The van der Waals surface area contributed by atoms with Crippen molar-refractivity contribution in [2.75, 3.05) is 11.9 Å². The highest BCUT2D eigenvalue weighted by molar-refractivity contribution is 7.18. The van der Waals surface area contributed by atoms with E-state index in [4.69, 9.17) is 0 Å². The van der Waals surface area contributed by atoms with Gasteiger partial charge in [0, 0.05) is 18.3 Å². The Bertz CT molecular complexity index is 972. The van der Waals surface area contributed by atoms with E-state index >= 15 is 0 Å². The molecule has 1 N–H and O–H groups in total. The number of carbonyl (C=O) groups is 1. The molecule has 1 aliphatic heterocycles. The molecule has 2 heterocycles. The molecule has 0 spiro atoms. The number of fused-ring (bicyclic) bond motifs is 1. The number of anilines is 1. The first kappa shape index (κ1) is 18.5. The molecule has 2 amide bonds. The Morgan fingerprint density at radius 3 is 2.82 bits per heavy atom. The van der Waals surface area contributed by atoms with Gasteiger partial charge in [-0.3, -0.25) is 0 Å². The Labute approximate surface area is 162 Å². The normalized spacial score (nSPS) is 17.1. The topological polar surface area (TPSA) is 54.5 Å². The first-order chi connectivity index (χ1) is 13.4. The van der Waals surface area contributed by atoms with Gasteiger partial charge in [-0.1, -0.05) is 18.2 Å². The second kappa shape index (κ2) is 7.31. The van der Waals surface area contributed by atoms with E-state index < -0.39 is 6.36 Å². The average Bonchev–Trinajstić information content (AvgIpc) is 3.27. The Kier molecular flexibility index (Phi) is 4.84. The van der Waals surface area contributed by atoms with Crippen molar-refractivity contribution in [3.8, 4) is 5.75 Å². The molecule has 1 saturated heterocycles. The molecule has 4 rings (SSSR count). The van der Waals surface area contributed by atoms with E-state index in [0.29, 0.717) is 6.54 Å². The minimum absolute atomic E-state index is 0.146. The maximum Gasteiger partial charge on any atom is 0.573 e. The predicted octanol–water partition coefficient (Wildman–Crippen LogP) is 5.56. The largest absolute Gasteiger partial charge is 0.573 e. The highest BCUT2D eigenvalue weighted by Crippen LogP contribution is 2.37. The lowest BCUT2D eigenvalue weighted by Crippen LogP contribution is -2.34. The molecule has 5 nitrogen and oxygen atoms in total. The lowest BCUT2D eigenvalue weighted by molar-refractivity contribution is -0.274. The second-order valence-electron chi connectivity index (χ2n) is 6.38. The summed E-state index contributed by atoms with van der Waals surface area (Å²) in [5, 5.41) is 3.52. The van der Waals surface area contributed by atoms with Gasteiger partial charge in [0.25, 0.3) is 0 Å². The van der Waals surface area contributed by atoms with Gasteiger partial charge in [-0.15, -0.1) is 24.5 Å². The number of likely N-dealkylation sites (tertiary alicyclic amines) is 1. The van der Waals surface area contributed by atoms with E-state index in [2.05, 4.69) is 15.0 Å². The van der Waals surface area contributed by atoms with Crippen molar-refractivity contribution in [1.29, 1.82) is 0 Å². The predicted molar refractivity (Wildman–Crippen MR) is 100 cm³/mol. The first-order valence-electron chi connectivity index (χ1n) is 8.68. The molecule has 1 fully saturated rings. The number of hydrogen-bond donors (Lipinski definition) is 1. The fraction of sp³-hybridized carbons (Fsp3) is 0.263. The zero-order valence-electron chi connectivity index (χ0n) is 14.6. The molecule has 3 aromatic rings. The van der Waals surface area contributed by atoms with Crippen LogP contribution in [0.1, 0.15) is 23.9 Å². The van der Waals surface area contributed by atoms with Crippen molar-refractivity contribution >= 4 is 33.3 Å². The number of benzene rings is 2. The number of nitrogens with zero attached hydrogens (tertiary/aromatic N) is 2. The number of alkyl halides is 3. The maximum atomic E-state index is 12.7. The fourth-order valence-corrected chi connectivity index (χ4v) is 4.38. The Balaban J connectivity index is 1.50. The van der Waals surface area contributed by atoms with E-state index in [1.54, 1.807) is 16.2 Å². The summed E-state index contributed by atoms with van der Waals surface area (Å²) in [5.74, 6) is -0.380. The van der Waals surface area contributed by atoms with Crippen molar-refractivity contribution in [3.63, 3.8) is 0 Å². The third-order valence-corrected chi connectivity index (χ3v) is 5.57. The summed E-state index contributed by atoms with van der Waals surface area (Å²) in [6.45, 7) is 0.561. The zero-order chi connectivity index (χ0) is 19.7. The molecule has 0 bridgehead atoms. The van der Waals surface area contributed by atoms with Gasteiger partial charge < -0.3 is 15.0 Å². The number of thiazole rings is 1.